The van der Waals surface area contributed by atoms with Gasteiger partial charge in [0.25, 0.3) is 0 Å². The summed E-state index contributed by atoms with van der Waals surface area (Å²) in [6, 6.07) is 5.19. The summed E-state index contributed by atoms with van der Waals surface area (Å²) in [4.78, 5) is 36.5. The first kappa shape index (κ1) is 16.0. The molecule has 1 heterocycles. The van der Waals surface area contributed by atoms with Gasteiger partial charge >= 0.3 is 6.09 Å². The molecular weight excluding hydrogens is 284 g/mol. The fourth-order valence-corrected chi connectivity index (χ4v) is 2.20. The Hall–Kier alpha value is -2.37. The molecule has 1 aromatic rings. The van der Waals surface area contributed by atoms with E-state index in [4.69, 9.17) is 4.74 Å². The number of aryl methyl sites for hydroxylation is 1. The monoisotopic (exact) mass is 304 g/mol. The first-order valence-corrected chi connectivity index (χ1v) is 7.08. The molecule has 0 aliphatic carbocycles. The van der Waals surface area contributed by atoms with Crippen LogP contribution in [-0.2, 0) is 14.3 Å². The molecule has 1 N–H and O–H groups in total. The fraction of sp³-hybridized carbons (Fsp3) is 0.438. The van der Waals surface area contributed by atoms with Crippen molar-refractivity contribution in [3.05, 3.63) is 23.8 Å². The molecule has 118 valence electrons. The Bertz CT molecular complexity index is 632. The van der Waals surface area contributed by atoms with E-state index in [-0.39, 0.29) is 24.7 Å². The number of ketones is 1. The third-order valence-electron chi connectivity index (χ3n) is 3.13. The summed E-state index contributed by atoms with van der Waals surface area (Å²) in [5, 5.41) is 2.63. The van der Waals surface area contributed by atoms with Crippen LogP contribution in [0.4, 0.5) is 16.2 Å². The SMILES string of the molecule is Cc1ccc(NC(=O)OC(C)(C)C)cc1N1CC(=O)CC1=O. The maximum Gasteiger partial charge on any atom is 0.412 e. The first-order chi connectivity index (χ1) is 10.2. The zero-order valence-corrected chi connectivity index (χ0v) is 13.2. The van der Waals surface area contributed by atoms with Gasteiger partial charge in [0.2, 0.25) is 5.91 Å². The number of hydrogen-bond donors (Lipinski definition) is 1. The summed E-state index contributed by atoms with van der Waals surface area (Å²) < 4.78 is 5.19. The smallest absolute Gasteiger partial charge is 0.412 e. The van der Waals surface area contributed by atoms with Crippen LogP contribution in [0.25, 0.3) is 0 Å². The zero-order chi connectivity index (χ0) is 16.5. The predicted octanol–water partition coefficient (Wildman–Crippen LogP) is 2.65. The van der Waals surface area contributed by atoms with Crippen molar-refractivity contribution >= 4 is 29.2 Å². The van der Waals surface area contributed by atoms with Crippen LogP contribution in [0.2, 0.25) is 0 Å². The van der Waals surface area contributed by atoms with Gasteiger partial charge in [0, 0.05) is 11.4 Å². The number of Topliss-reactive ketones (excluding diaryl/α,β-unsaturated/α-hetero) is 1. The molecule has 2 rings (SSSR count). The minimum absolute atomic E-state index is 0.0663. The van der Waals surface area contributed by atoms with Gasteiger partial charge in [-0.15, -0.1) is 0 Å². The largest absolute Gasteiger partial charge is 0.444 e. The van der Waals surface area contributed by atoms with Gasteiger partial charge in [-0.25, -0.2) is 4.79 Å². The predicted molar refractivity (Wildman–Crippen MR) is 83.0 cm³/mol. The summed E-state index contributed by atoms with van der Waals surface area (Å²) in [7, 11) is 0. The van der Waals surface area contributed by atoms with Gasteiger partial charge in [-0.05, 0) is 45.4 Å². The molecule has 1 fully saturated rings. The maximum atomic E-state index is 11.9. The summed E-state index contributed by atoms with van der Waals surface area (Å²) in [6.45, 7) is 7.27. The Morgan fingerprint density at radius 2 is 1.95 bits per heavy atom. The van der Waals surface area contributed by atoms with E-state index >= 15 is 0 Å². The summed E-state index contributed by atoms with van der Waals surface area (Å²) in [5.74, 6) is -0.322. The Labute approximate surface area is 129 Å². The average Bonchev–Trinajstić information content (AvgIpc) is 2.68. The first-order valence-electron chi connectivity index (χ1n) is 7.08. The van der Waals surface area contributed by atoms with Crippen LogP contribution in [0, 0.1) is 6.92 Å². The number of hydrogen-bond acceptors (Lipinski definition) is 4. The number of nitrogens with zero attached hydrogens (tertiary/aromatic N) is 1. The number of amides is 2. The van der Waals surface area contributed by atoms with Crippen molar-refractivity contribution in [1.29, 1.82) is 0 Å². The molecule has 1 aliphatic rings. The van der Waals surface area contributed by atoms with E-state index in [0.717, 1.165) is 5.56 Å². The Morgan fingerprint density at radius 1 is 1.27 bits per heavy atom. The van der Waals surface area contributed by atoms with E-state index in [0.29, 0.717) is 11.4 Å². The number of nitrogens with one attached hydrogen (secondary N) is 1. The fourth-order valence-electron chi connectivity index (χ4n) is 2.20. The normalized spacial score (nSPS) is 15.2. The van der Waals surface area contributed by atoms with Crippen molar-refractivity contribution in [1.82, 2.24) is 0 Å². The van der Waals surface area contributed by atoms with Crippen molar-refractivity contribution in [2.24, 2.45) is 0 Å². The number of carbonyl (C=O) groups excluding carboxylic acids is 3. The molecule has 0 bridgehead atoms. The summed E-state index contributed by atoms with van der Waals surface area (Å²) in [5.41, 5.74) is 1.42. The van der Waals surface area contributed by atoms with Crippen molar-refractivity contribution in [3.63, 3.8) is 0 Å². The molecular formula is C16H20N2O4. The second kappa shape index (κ2) is 5.79. The van der Waals surface area contributed by atoms with Crippen molar-refractivity contribution < 1.29 is 19.1 Å². The molecule has 1 aromatic carbocycles. The highest BCUT2D eigenvalue weighted by molar-refractivity contribution is 6.15. The van der Waals surface area contributed by atoms with Gasteiger partial charge in [0.15, 0.2) is 5.78 Å². The quantitative estimate of drug-likeness (QED) is 0.852. The van der Waals surface area contributed by atoms with E-state index in [1.165, 1.54) is 4.90 Å². The summed E-state index contributed by atoms with van der Waals surface area (Å²) in [6.07, 6.45) is -0.630. The lowest BCUT2D eigenvalue weighted by Crippen LogP contribution is -2.28. The van der Waals surface area contributed by atoms with Crippen LogP contribution < -0.4 is 10.2 Å². The number of rotatable bonds is 2. The third-order valence-corrected chi connectivity index (χ3v) is 3.13. The molecule has 6 nitrogen and oxygen atoms in total. The van der Waals surface area contributed by atoms with Crippen molar-refractivity contribution in [3.8, 4) is 0 Å². The Kier molecular flexibility index (Phi) is 4.21. The lowest BCUT2D eigenvalue weighted by atomic mass is 10.1. The van der Waals surface area contributed by atoms with Crippen molar-refractivity contribution in [2.45, 2.75) is 39.7 Å². The van der Waals surface area contributed by atoms with E-state index in [2.05, 4.69) is 5.32 Å². The van der Waals surface area contributed by atoms with Crippen molar-refractivity contribution in [2.75, 3.05) is 16.8 Å². The van der Waals surface area contributed by atoms with Crippen LogP contribution in [0.3, 0.4) is 0 Å². The lowest BCUT2D eigenvalue weighted by Gasteiger charge is -2.21. The Balaban J connectivity index is 2.19. The highest BCUT2D eigenvalue weighted by atomic mass is 16.6. The molecule has 1 aliphatic heterocycles. The molecule has 1 saturated heterocycles. The van der Waals surface area contributed by atoms with Gasteiger partial charge in [0.1, 0.15) is 5.60 Å². The molecule has 0 radical (unpaired) electrons. The van der Waals surface area contributed by atoms with E-state index < -0.39 is 11.7 Å². The average molecular weight is 304 g/mol. The number of benzene rings is 1. The van der Waals surface area contributed by atoms with Gasteiger partial charge in [-0.3, -0.25) is 14.9 Å². The topological polar surface area (TPSA) is 75.7 Å². The minimum atomic E-state index is -0.588. The van der Waals surface area contributed by atoms with Crippen LogP contribution >= 0.6 is 0 Å². The highest BCUT2D eigenvalue weighted by Crippen LogP contribution is 2.27. The molecule has 6 heteroatoms. The van der Waals surface area contributed by atoms with E-state index in [1.54, 1.807) is 39.0 Å². The molecule has 0 spiro atoms. The van der Waals surface area contributed by atoms with Crippen LogP contribution in [0.5, 0.6) is 0 Å². The molecule has 22 heavy (non-hydrogen) atoms. The Morgan fingerprint density at radius 3 is 2.50 bits per heavy atom. The number of carbonyl (C=O) groups is 3. The van der Waals surface area contributed by atoms with Crippen LogP contribution in [-0.4, -0.2) is 29.9 Å². The number of anilines is 2. The lowest BCUT2D eigenvalue weighted by molar-refractivity contribution is -0.121. The van der Waals surface area contributed by atoms with Crippen LogP contribution in [0.15, 0.2) is 18.2 Å². The third kappa shape index (κ3) is 3.84. The van der Waals surface area contributed by atoms with E-state index in [9.17, 15) is 14.4 Å². The molecule has 0 unspecified atom stereocenters. The minimum Gasteiger partial charge on any atom is -0.444 e. The second-order valence-electron chi connectivity index (χ2n) is 6.32. The van der Waals surface area contributed by atoms with Gasteiger partial charge < -0.3 is 9.64 Å². The highest BCUT2D eigenvalue weighted by Gasteiger charge is 2.29. The molecule has 0 atom stereocenters. The zero-order valence-electron chi connectivity index (χ0n) is 13.2. The molecule has 2 amide bonds. The molecule has 0 saturated carbocycles. The molecule has 0 aromatic heterocycles. The van der Waals surface area contributed by atoms with Gasteiger partial charge in [-0.2, -0.15) is 0 Å². The second-order valence-corrected chi connectivity index (χ2v) is 6.32. The van der Waals surface area contributed by atoms with Gasteiger partial charge in [0.05, 0.1) is 13.0 Å². The summed E-state index contributed by atoms with van der Waals surface area (Å²) >= 11 is 0. The van der Waals surface area contributed by atoms with E-state index in [1.807, 2.05) is 6.92 Å². The van der Waals surface area contributed by atoms with Gasteiger partial charge in [-0.1, -0.05) is 6.07 Å². The van der Waals surface area contributed by atoms with Crippen LogP contribution in [0.1, 0.15) is 32.8 Å². The maximum absolute atomic E-state index is 11.9. The number of ether oxygens (including phenoxy) is 1. The standard InChI is InChI=1S/C16H20N2O4/c1-10-5-6-11(17-15(21)22-16(2,3)4)7-13(10)18-9-12(19)8-14(18)20/h5-7H,8-9H2,1-4H3,(H,17,21).